The van der Waals surface area contributed by atoms with Gasteiger partial charge in [-0.2, -0.15) is 5.26 Å². The molecule has 7 heteroatoms. The Bertz CT molecular complexity index is 1250. The van der Waals surface area contributed by atoms with Gasteiger partial charge in [0.25, 0.3) is 5.91 Å². The van der Waals surface area contributed by atoms with E-state index in [1.54, 1.807) is 49.4 Å². The molecule has 3 rings (SSSR count). The number of benzene rings is 2. The van der Waals surface area contributed by atoms with Gasteiger partial charge in [0.05, 0.1) is 12.2 Å². The third kappa shape index (κ3) is 5.16. The summed E-state index contributed by atoms with van der Waals surface area (Å²) in [6.07, 6.45) is 1.57. The Hall–Kier alpha value is -3.63. The van der Waals surface area contributed by atoms with Gasteiger partial charge in [-0.3, -0.25) is 4.79 Å². The van der Waals surface area contributed by atoms with E-state index in [9.17, 15) is 14.9 Å². The number of carbonyl (C=O) groups excluding carboxylic acids is 2. The van der Waals surface area contributed by atoms with Gasteiger partial charge in [0.15, 0.2) is 0 Å². The Morgan fingerprint density at radius 2 is 1.91 bits per heavy atom. The van der Waals surface area contributed by atoms with Gasteiger partial charge in [0.1, 0.15) is 11.6 Å². The summed E-state index contributed by atoms with van der Waals surface area (Å²) in [5.74, 6) is -0.868. The van der Waals surface area contributed by atoms with Crippen molar-refractivity contribution < 1.29 is 14.3 Å². The number of rotatable bonds is 6. The molecule has 0 radical (unpaired) electrons. The molecule has 6 nitrogen and oxygen atoms in total. The highest BCUT2D eigenvalue weighted by Crippen LogP contribution is 2.24. The molecule has 0 aliphatic carbocycles. The number of anilines is 1. The van der Waals surface area contributed by atoms with E-state index in [0.717, 1.165) is 27.1 Å². The second kappa shape index (κ2) is 10.1. The molecule has 3 aromatic rings. The lowest BCUT2D eigenvalue weighted by Gasteiger charge is -2.11. The van der Waals surface area contributed by atoms with Gasteiger partial charge >= 0.3 is 5.97 Å². The number of nitrogens with one attached hydrogen (secondary N) is 1. The number of hydrogen-bond donors (Lipinski definition) is 1. The summed E-state index contributed by atoms with van der Waals surface area (Å²) in [7, 11) is 0. The van der Waals surface area contributed by atoms with Crippen molar-refractivity contribution in [1.29, 1.82) is 5.26 Å². The number of aromatic nitrogens is 1. The number of aryl methyl sites for hydroxylation is 1. The summed E-state index contributed by atoms with van der Waals surface area (Å²) in [5, 5.41) is 12.3. The minimum atomic E-state index is -0.486. The number of carbonyl (C=O) groups is 2. The van der Waals surface area contributed by atoms with Crippen molar-refractivity contribution in [2.75, 3.05) is 11.9 Å². The number of amides is 1. The van der Waals surface area contributed by atoms with Crippen LogP contribution in [0.2, 0.25) is 0 Å². The summed E-state index contributed by atoms with van der Waals surface area (Å²) in [4.78, 5) is 24.7. The van der Waals surface area contributed by atoms with Crippen molar-refractivity contribution in [3.05, 3.63) is 87.2 Å². The maximum atomic E-state index is 12.6. The highest BCUT2D eigenvalue weighted by molar-refractivity contribution is 9.10. The van der Waals surface area contributed by atoms with Crippen LogP contribution in [-0.2, 0) is 9.53 Å². The maximum absolute atomic E-state index is 12.6. The van der Waals surface area contributed by atoms with Gasteiger partial charge in [-0.25, -0.2) is 4.79 Å². The lowest BCUT2D eigenvalue weighted by atomic mass is 10.1. The van der Waals surface area contributed by atoms with E-state index in [1.807, 2.05) is 42.7 Å². The van der Waals surface area contributed by atoms with Crippen molar-refractivity contribution in [1.82, 2.24) is 4.57 Å². The smallest absolute Gasteiger partial charge is 0.338 e. The minimum Gasteiger partial charge on any atom is -0.462 e. The monoisotopic (exact) mass is 491 g/mol. The molecule has 1 aromatic heterocycles. The third-order valence-electron chi connectivity index (χ3n) is 4.83. The summed E-state index contributed by atoms with van der Waals surface area (Å²) in [6.45, 7) is 5.89. The highest BCUT2D eigenvalue weighted by atomic mass is 79.9. The zero-order chi connectivity index (χ0) is 23.3. The van der Waals surface area contributed by atoms with E-state index in [4.69, 9.17) is 4.74 Å². The second-order valence-corrected chi connectivity index (χ2v) is 7.98. The van der Waals surface area contributed by atoms with Crippen LogP contribution >= 0.6 is 15.9 Å². The fourth-order valence-corrected chi connectivity index (χ4v) is 3.79. The van der Waals surface area contributed by atoms with Crippen LogP contribution in [0.5, 0.6) is 0 Å². The summed E-state index contributed by atoms with van der Waals surface area (Å²) in [5.41, 5.74) is 4.32. The van der Waals surface area contributed by atoms with Crippen LogP contribution in [0.1, 0.15) is 34.2 Å². The molecule has 0 saturated carbocycles. The standard InChI is InChI=1S/C25H22BrN3O3/c1-4-32-25(31)18-7-5-10-23(13-18)29-16(2)11-19(17(29)3)12-20(15-27)24(30)28-22-9-6-8-21(26)14-22/h5-14H,4H2,1-3H3,(H,28,30)/b20-12-. The Kier molecular flexibility index (Phi) is 7.29. The molecule has 0 spiro atoms. The SMILES string of the molecule is CCOC(=O)c1cccc(-n2c(C)cc(/C=C(/C#N)C(=O)Nc3cccc(Br)c3)c2C)c1. The molecule has 1 N–H and O–H groups in total. The van der Waals surface area contributed by atoms with Crippen LogP contribution in [0, 0.1) is 25.2 Å². The van der Waals surface area contributed by atoms with Gasteiger partial charge in [-0.05, 0) is 74.9 Å². The van der Waals surface area contributed by atoms with E-state index in [0.29, 0.717) is 17.9 Å². The van der Waals surface area contributed by atoms with Crippen molar-refractivity contribution in [3.63, 3.8) is 0 Å². The van der Waals surface area contributed by atoms with Crippen molar-refractivity contribution in [2.45, 2.75) is 20.8 Å². The molecule has 0 aliphatic rings. The van der Waals surface area contributed by atoms with Crippen molar-refractivity contribution in [2.24, 2.45) is 0 Å². The summed E-state index contributed by atoms with van der Waals surface area (Å²) in [6, 6.07) is 18.2. The van der Waals surface area contributed by atoms with Crippen LogP contribution in [0.25, 0.3) is 11.8 Å². The molecular formula is C25H22BrN3O3. The first-order chi connectivity index (χ1) is 15.3. The average molecular weight is 492 g/mol. The minimum absolute atomic E-state index is 0.00880. The molecule has 0 bridgehead atoms. The number of halogens is 1. The Morgan fingerprint density at radius 1 is 1.16 bits per heavy atom. The lowest BCUT2D eigenvalue weighted by molar-refractivity contribution is -0.112. The highest BCUT2D eigenvalue weighted by Gasteiger charge is 2.15. The Morgan fingerprint density at radius 3 is 2.59 bits per heavy atom. The predicted octanol–water partition coefficient (Wildman–Crippen LogP) is 5.58. The normalized spacial score (nSPS) is 11.0. The average Bonchev–Trinajstić information content (AvgIpc) is 3.05. The zero-order valence-corrected chi connectivity index (χ0v) is 19.6. The fourth-order valence-electron chi connectivity index (χ4n) is 3.39. The maximum Gasteiger partial charge on any atom is 0.338 e. The third-order valence-corrected chi connectivity index (χ3v) is 5.33. The van der Waals surface area contributed by atoms with E-state index < -0.39 is 5.91 Å². The van der Waals surface area contributed by atoms with E-state index in [-0.39, 0.29) is 11.5 Å². The Labute approximate surface area is 195 Å². The first-order valence-corrected chi connectivity index (χ1v) is 10.8. The zero-order valence-electron chi connectivity index (χ0n) is 18.0. The second-order valence-electron chi connectivity index (χ2n) is 7.07. The van der Waals surface area contributed by atoms with Gasteiger partial charge in [-0.1, -0.05) is 28.1 Å². The molecule has 162 valence electrons. The fraction of sp³-hybridized carbons (Fsp3) is 0.160. The molecule has 1 heterocycles. The van der Waals surface area contributed by atoms with Gasteiger partial charge in [0.2, 0.25) is 0 Å². The number of esters is 1. The van der Waals surface area contributed by atoms with Crippen LogP contribution in [0.3, 0.4) is 0 Å². The molecule has 2 aromatic carbocycles. The number of ether oxygens (including phenoxy) is 1. The quantitative estimate of drug-likeness (QED) is 0.277. The first-order valence-electron chi connectivity index (χ1n) is 9.99. The van der Waals surface area contributed by atoms with E-state index in [1.165, 1.54) is 0 Å². The van der Waals surface area contributed by atoms with Gasteiger partial charge in [0, 0.05) is 27.2 Å². The molecule has 32 heavy (non-hydrogen) atoms. The van der Waals surface area contributed by atoms with E-state index >= 15 is 0 Å². The largest absolute Gasteiger partial charge is 0.462 e. The molecular weight excluding hydrogens is 470 g/mol. The van der Waals surface area contributed by atoms with Crippen LogP contribution in [0.15, 0.2) is 64.6 Å². The number of hydrogen-bond acceptors (Lipinski definition) is 4. The first kappa shape index (κ1) is 23.0. The predicted molar refractivity (Wildman–Crippen MR) is 128 cm³/mol. The van der Waals surface area contributed by atoms with Crippen LogP contribution < -0.4 is 5.32 Å². The molecule has 1 amide bonds. The van der Waals surface area contributed by atoms with Crippen LogP contribution in [-0.4, -0.2) is 23.1 Å². The Balaban J connectivity index is 1.93. The van der Waals surface area contributed by atoms with Crippen molar-refractivity contribution in [3.8, 4) is 11.8 Å². The summed E-state index contributed by atoms with van der Waals surface area (Å²) >= 11 is 3.36. The number of nitrogens with zero attached hydrogens (tertiary/aromatic N) is 2. The van der Waals surface area contributed by atoms with Gasteiger partial charge in [-0.15, -0.1) is 0 Å². The van der Waals surface area contributed by atoms with Crippen LogP contribution in [0.4, 0.5) is 5.69 Å². The molecule has 0 saturated heterocycles. The van der Waals surface area contributed by atoms with Crippen molar-refractivity contribution >= 4 is 39.6 Å². The topological polar surface area (TPSA) is 84.1 Å². The number of nitriles is 1. The van der Waals surface area contributed by atoms with E-state index in [2.05, 4.69) is 21.2 Å². The summed E-state index contributed by atoms with van der Waals surface area (Å²) < 4.78 is 7.89. The molecule has 0 unspecified atom stereocenters. The lowest BCUT2D eigenvalue weighted by Crippen LogP contribution is -2.13. The molecule has 0 atom stereocenters. The van der Waals surface area contributed by atoms with Gasteiger partial charge < -0.3 is 14.6 Å². The molecule has 0 fully saturated rings. The molecule has 0 aliphatic heterocycles.